The second-order valence-corrected chi connectivity index (χ2v) is 5.24. The topological polar surface area (TPSA) is 52.6 Å². The molecule has 5 heteroatoms. The average Bonchev–Trinajstić information content (AvgIpc) is 2.40. The molecule has 1 aromatic rings. The highest BCUT2D eigenvalue weighted by Gasteiger charge is 2.12. The van der Waals surface area contributed by atoms with E-state index in [1.807, 2.05) is 0 Å². The Morgan fingerprint density at radius 1 is 1.32 bits per heavy atom. The van der Waals surface area contributed by atoms with Gasteiger partial charge in [-0.3, -0.25) is 4.79 Å². The van der Waals surface area contributed by atoms with Crippen molar-refractivity contribution in [1.29, 1.82) is 0 Å². The van der Waals surface area contributed by atoms with Gasteiger partial charge < -0.3 is 14.3 Å². The smallest absolute Gasteiger partial charge is 0.310 e. The fourth-order valence-corrected chi connectivity index (χ4v) is 1.94. The van der Waals surface area contributed by atoms with Gasteiger partial charge in [-0.2, -0.15) is 0 Å². The van der Waals surface area contributed by atoms with Gasteiger partial charge in [0.2, 0.25) is 0 Å². The van der Waals surface area contributed by atoms with Crippen molar-refractivity contribution in [3.63, 3.8) is 0 Å². The number of methoxy groups -OCH3 is 1. The van der Waals surface area contributed by atoms with Crippen LogP contribution >= 0.6 is 0 Å². The molecule has 0 heterocycles. The lowest BCUT2D eigenvalue weighted by Crippen LogP contribution is -2.09. The predicted molar refractivity (Wildman–Crippen MR) is 76.8 cm³/mol. The second-order valence-electron chi connectivity index (χ2n) is 4.33. The number of ether oxygens (including phenoxy) is 2. The van der Waals surface area contributed by atoms with Crippen LogP contribution in [0.3, 0.4) is 0 Å². The SMILES string of the molecule is CCCCOc1ccc(C(=O)[SiH3])cc1CC(=O)OC. The minimum atomic E-state index is -0.335. The van der Waals surface area contributed by atoms with Gasteiger partial charge in [-0.25, -0.2) is 0 Å². The third-order valence-corrected chi connectivity index (χ3v) is 3.36. The molecule has 0 saturated heterocycles. The fourth-order valence-electron chi connectivity index (χ4n) is 1.63. The van der Waals surface area contributed by atoms with Crippen LogP contribution in [0.15, 0.2) is 18.2 Å². The number of unbranched alkanes of at least 4 members (excludes halogenated alkanes) is 1. The van der Waals surface area contributed by atoms with Gasteiger partial charge >= 0.3 is 5.97 Å². The molecule has 0 saturated carbocycles. The summed E-state index contributed by atoms with van der Waals surface area (Å²) in [7, 11) is 1.81. The number of benzene rings is 1. The van der Waals surface area contributed by atoms with Crippen molar-refractivity contribution in [2.24, 2.45) is 0 Å². The van der Waals surface area contributed by atoms with Crippen LogP contribution < -0.4 is 4.74 Å². The Hall–Kier alpha value is -1.62. The molecule has 0 unspecified atom stereocenters. The first-order valence-corrected chi connectivity index (χ1v) is 7.42. The van der Waals surface area contributed by atoms with E-state index >= 15 is 0 Å². The van der Waals surface area contributed by atoms with Crippen LogP contribution in [0.2, 0.25) is 0 Å². The van der Waals surface area contributed by atoms with Gasteiger partial charge in [0.05, 0.1) is 30.4 Å². The Labute approximate surface area is 116 Å². The van der Waals surface area contributed by atoms with Crippen molar-refractivity contribution < 1.29 is 19.1 Å². The van der Waals surface area contributed by atoms with Crippen LogP contribution in [-0.4, -0.2) is 35.3 Å². The number of esters is 1. The molecule has 0 amide bonds. The molecule has 1 aromatic carbocycles. The molecule has 0 aliphatic carbocycles. The van der Waals surface area contributed by atoms with Gasteiger partial charge in [-0.05, 0) is 24.6 Å². The van der Waals surface area contributed by atoms with Crippen molar-refractivity contribution in [2.45, 2.75) is 26.2 Å². The quantitative estimate of drug-likeness (QED) is 0.426. The van der Waals surface area contributed by atoms with Crippen molar-refractivity contribution in [1.82, 2.24) is 0 Å². The first-order chi connectivity index (χ1) is 9.08. The summed E-state index contributed by atoms with van der Waals surface area (Å²) in [6.45, 7) is 2.70. The third-order valence-electron chi connectivity index (χ3n) is 2.78. The zero-order valence-electron chi connectivity index (χ0n) is 11.7. The lowest BCUT2D eigenvalue weighted by Gasteiger charge is -2.11. The third kappa shape index (κ3) is 4.87. The molecule has 1 rings (SSSR count). The molecule has 0 aliphatic rings. The molecule has 0 aliphatic heterocycles. The summed E-state index contributed by atoms with van der Waals surface area (Å²) in [5, 5.41) is 0.103. The highest BCUT2D eigenvalue weighted by Crippen LogP contribution is 2.21. The summed E-state index contributed by atoms with van der Waals surface area (Å²) in [4.78, 5) is 22.8. The number of rotatable bonds is 7. The van der Waals surface area contributed by atoms with Gasteiger partial charge in [0, 0.05) is 11.1 Å². The summed E-state index contributed by atoms with van der Waals surface area (Å²) in [6, 6.07) is 5.24. The van der Waals surface area contributed by atoms with Gasteiger partial charge in [0.25, 0.3) is 0 Å². The van der Waals surface area contributed by atoms with E-state index in [-0.39, 0.29) is 17.8 Å². The molecule has 0 N–H and O–H groups in total. The molecule has 0 radical (unpaired) electrons. The predicted octanol–water partition coefficient (Wildman–Crippen LogP) is 1.09. The molecule has 0 fully saturated rings. The molecule has 0 bridgehead atoms. The zero-order chi connectivity index (χ0) is 14.3. The summed E-state index contributed by atoms with van der Waals surface area (Å²) in [5.74, 6) is 0.323. The molecule has 19 heavy (non-hydrogen) atoms. The van der Waals surface area contributed by atoms with E-state index in [2.05, 4.69) is 11.7 Å². The molecule has 4 nitrogen and oxygen atoms in total. The Morgan fingerprint density at radius 2 is 2.05 bits per heavy atom. The van der Waals surface area contributed by atoms with Crippen molar-refractivity contribution >= 4 is 21.6 Å². The minimum Gasteiger partial charge on any atom is -0.493 e. The van der Waals surface area contributed by atoms with Gasteiger partial charge in [0.1, 0.15) is 11.2 Å². The first kappa shape index (κ1) is 15.4. The van der Waals surface area contributed by atoms with E-state index in [0.29, 0.717) is 33.7 Å². The van der Waals surface area contributed by atoms with Crippen LogP contribution in [0, 0.1) is 0 Å². The zero-order valence-corrected chi connectivity index (χ0v) is 13.7. The molecular weight excluding hydrogens is 260 g/mol. The highest BCUT2D eigenvalue weighted by molar-refractivity contribution is 6.62. The molecule has 0 spiro atoms. The monoisotopic (exact) mass is 280 g/mol. The first-order valence-electron chi connectivity index (χ1n) is 6.42. The Morgan fingerprint density at radius 3 is 2.63 bits per heavy atom. The Bertz CT molecular complexity index is 457. The van der Waals surface area contributed by atoms with Crippen LogP contribution in [0.4, 0.5) is 0 Å². The summed E-state index contributed by atoms with van der Waals surface area (Å²) < 4.78 is 10.3. The average molecular weight is 280 g/mol. The number of hydrogen-bond donors (Lipinski definition) is 0. The van der Waals surface area contributed by atoms with Crippen LogP contribution in [0.1, 0.15) is 35.7 Å². The highest BCUT2D eigenvalue weighted by atomic mass is 28.1. The maximum absolute atomic E-state index is 11.4. The fraction of sp³-hybridized carbons (Fsp3) is 0.429. The van der Waals surface area contributed by atoms with E-state index in [0.717, 1.165) is 12.8 Å². The molecule has 104 valence electrons. The largest absolute Gasteiger partial charge is 0.493 e. The van der Waals surface area contributed by atoms with Crippen LogP contribution in [0.5, 0.6) is 5.75 Å². The van der Waals surface area contributed by atoms with Crippen molar-refractivity contribution in [2.75, 3.05) is 13.7 Å². The molecular formula is C14H20O4Si. The Kier molecular flexibility index (Phi) is 6.28. The van der Waals surface area contributed by atoms with E-state index in [4.69, 9.17) is 4.74 Å². The van der Waals surface area contributed by atoms with Crippen LogP contribution in [0.25, 0.3) is 0 Å². The van der Waals surface area contributed by atoms with Crippen molar-refractivity contribution in [3.8, 4) is 5.75 Å². The van der Waals surface area contributed by atoms with E-state index < -0.39 is 0 Å². The lowest BCUT2D eigenvalue weighted by molar-refractivity contribution is -0.139. The minimum absolute atomic E-state index is 0.103. The van der Waals surface area contributed by atoms with Crippen LogP contribution in [-0.2, 0) is 16.0 Å². The lowest BCUT2D eigenvalue weighted by atomic mass is 10.1. The van der Waals surface area contributed by atoms with Gasteiger partial charge in [-0.15, -0.1) is 0 Å². The molecule has 0 atom stereocenters. The number of carbonyl (C=O) groups is 2. The summed E-state index contributed by atoms with van der Waals surface area (Å²) >= 11 is 0. The van der Waals surface area contributed by atoms with E-state index in [1.54, 1.807) is 18.2 Å². The maximum Gasteiger partial charge on any atom is 0.310 e. The van der Waals surface area contributed by atoms with Crippen molar-refractivity contribution in [3.05, 3.63) is 29.3 Å². The number of carbonyl (C=O) groups excluding carboxylic acids is 2. The Balaban J connectivity index is 2.93. The normalized spacial score (nSPS) is 10.2. The second kappa shape index (κ2) is 7.73. The summed E-state index contributed by atoms with van der Waals surface area (Å²) in [6.07, 6.45) is 2.13. The maximum atomic E-state index is 11.4. The van der Waals surface area contributed by atoms with Gasteiger partial charge in [-0.1, -0.05) is 13.3 Å². The number of hydrogen-bond acceptors (Lipinski definition) is 4. The van der Waals surface area contributed by atoms with Gasteiger partial charge in [0.15, 0.2) is 0 Å². The molecule has 0 aromatic heterocycles. The van der Waals surface area contributed by atoms with E-state index in [1.165, 1.54) is 7.11 Å². The summed E-state index contributed by atoms with van der Waals surface area (Å²) in [5.41, 5.74) is 1.35. The van der Waals surface area contributed by atoms with E-state index in [9.17, 15) is 9.59 Å². The standard InChI is InChI=1S/C14H20O4Si/c1-3-4-7-18-12-6-5-10(14(16)19)8-11(12)9-13(15)17-2/h5-6,8H,3-4,7,9H2,1-2,19H3.